The summed E-state index contributed by atoms with van der Waals surface area (Å²) in [5.41, 5.74) is 2.50. The number of benzene rings is 2. The molecule has 7 nitrogen and oxygen atoms in total. The van der Waals surface area contributed by atoms with Crippen molar-refractivity contribution in [2.75, 3.05) is 31.5 Å². The van der Waals surface area contributed by atoms with Crippen molar-refractivity contribution in [3.05, 3.63) is 83.1 Å². The number of amides is 2. The molecule has 1 unspecified atom stereocenters. The molecule has 0 spiro atoms. The highest BCUT2D eigenvalue weighted by Crippen LogP contribution is 2.41. The fourth-order valence-electron chi connectivity index (χ4n) is 4.59. The van der Waals surface area contributed by atoms with Crippen LogP contribution in [-0.2, 0) is 16.0 Å². The number of carbonyl (C=O) groups excluding carboxylic acids is 2. The Morgan fingerprint density at radius 3 is 2.69 bits per heavy atom. The number of rotatable bonds is 4. The number of ether oxygens (including phenoxy) is 1. The zero-order chi connectivity index (χ0) is 24.2. The SMILES string of the molecule is O=C(CCc1cccnc1)N1CCCN(C(=O)C2Nc3cc(Cl)ccc3Oc3ccccc32)CC1. The Hall–Kier alpha value is -3.58. The fraction of sp³-hybridized carbons (Fsp3) is 0.296. The molecule has 2 aliphatic rings. The van der Waals surface area contributed by atoms with E-state index in [0.717, 1.165) is 17.5 Å². The number of hydrogen-bond donors (Lipinski definition) is 1. The predicted octanol–water partition coefficient (Wildman–Crippen LogP) is 4.69. The second-order valence-electron chi connectivity index (χ2n) is 8.78. The van der Waals surface area contributed by atoms with E-state index < -0.39 is 6.04 Å². The zero-order valence-electron chi connectivity index (χ0n) is 19.3. The summed E-state index contributed by atoms with van der Waals surface area (Å²) in [6, 6.07) is 16.2. The van der Waals surface area contributed by atoms with Gasteiger partial charge in [-0.15, -0.1) is 0 Å². The van der Waals surface area contributed by atoms with E-state index in [4.69, 9.17) is 16.3 Å². The Labute approximate surface area is 209 Å². The van der Waals surface area contributed by atoms with Gasteiger partial charge < -0.3 is 19.9 Å². The molecule has 1 saturated heterocycles. The summed E-state index contributed by atoms with van der Waals surface area (Å²) in [6.45, 7) is 2.24. The third-order valence-electron chi connectivity index (χ3n) is 6.45. The van der Waals surface area contributed by atoms with Gasteiger partial charge in [0.2, 0.25) is 11.8 Å². The standard InChI is InChI=1S/C27H27ClN4O3/c28-20-9-10-24-22(17-20)30-26(21-6-1-2-7-23(21)35-24)27(34)32-14-4-13-31(15-16-32)25(33)11-8-19-5-3-12-29-18-19/h1-3,5-7,9-10,12,17-18,26,30H,4,8,11,13-16H2. The maximum Gasteiger partial charge on any atom is 0.249 e. The summed E-state index contributed by atoms with van der Waals surface area (Å²) in [5, 5.41) is 3.92. The molecular weight excluding hydrogens is 464 g/mol. The molecule has 0 bridgehead atoms. The largest absolute Gasteiger partial charge is 0.455 e. The first-order chi connectivity index (χ1) is 17.1. The number of carbonyl (C=O) groups is 2. The first-order valence-electron chi connectivity index (χ1n) is 11.9. The monoisotopic (exact) mass is 490 g/mol. The molecule has 35 heavy (non-hydrogen) atoms. The summed E-state index contributed by atoms with van der Waals surface area (Å²) >= 11 is 6.22. The first-order valence-corrected chi connectivity index (χ1v) is 12.2. The van der Waals surface area contributed by atoms with E-state index >= 15 is 0 Å². The molecule has 2 aromatic carbocycles. The average molecular weight is 491 g/mol. The van der Waals surface area contributed by atoms with Crippen LogP contribution >= 0.6 is 11.6 Å². The van der Waals surface area contributed by atoms with Gasteiger partial charge in [0.1, 0.15) is 11.8 Å². The normalized spacial score (nSPS) is 17.2. The number of para-hydroxylation sites is 1. The number of pyridine rings is 1. The Kier molecular flexibility index (Phi) is 6.86. The smallest absolute Gasteiger partial charge is 0.249 e. The van der Waals surface area contributed by atoms with Crippen LogP contribution in [0, 0.1) is 0 Å². The minimum atomic E-state index is -0.612. The number of fused-ring (bicyclic) bond motifs is 2. The van der Waals surface area contributed by atoms with Crippen LogP contribution in [0.4, 0.5) is 5.69 Å². The molecule has 1 fully saturated rings. The molecule has 180 valence electrons. The van der Waals surface area contributed by atoms with Crippen molar-refractivity contribution < 1.29 is 14.3 Å². The molecular formula is C27H27ClN4O3. The number of halogens is 1. The number of nitrogens with zero attached hydrogens (tertiary/aromatic N) is 3. The van der Waals surface area contributed by atoms with Crippen LogP contribution in [0.5, 0.6) is 11.5 Å². The second-order valence-corrected chi connectivity index (χ2v) is 9.22. The van der Waals surface area contributed by atoms with Crippen LogP contribution in [0.2, 0.25) is 5.02 Å². The third kappa shape index (κ3) is 5.25. The third-order valence-corrected chi connectivity index (χ3v) is 6.68. The van der Waals surface area contributed by atoms with Gasteiger partial charge in [-0.05, 0) is 48.7 Å². The molecule has 2 amide bonds. The highest BCUT2D eigenvalue weighted by atomic mass is 35.5. The van der Waals surface area contributed by atoms with Gasteiger partial charge in [-0.2, -0.15) is 0 Å². The van der Waals surface area contributed by atoms with E-state index in [9.17, 15) is 9.59 Å². The van der Waals surface area contributed by atoms with Crippen molar-refractivity contribution in [2.45, 2.75) is 25.3 Å². The molecule has 8 heteroatoms. The van der Waals surface area contributed by atoms with Crippen molar-refractivity contribution in [1.82, 2.24) is 14.8 Å². The molecule has 3 heterocycles. The summed E-state index contributed by atoms with van der Waals surface area (Å²) in [7, 11) is 0. The van der Waals surface area contributed by atoms with E-state index in [-0.39, 0.29) is 11.8 Å². The van der Waals surface area contributed by atoms with Crippen LogP contribution in [-0.4, -0.2) is 52.8 Å². The minimum Gasteiger partial charge on any atom is -0.455 e. The lowest BCUT2D eigenvalue weighted by molar-refractivity contribution is -0.134. The number of hydrogen-bond acceptors (Lipinski definition) is 5. The van der Waals surface area contributed by atoms with Gasteiger partial charge in [0.15, 0.2) is 5.75 Å². The number of aryl methyl sites for hydroxylation is 1. The molecule has 3 aromatic rings. The molecule has 5 rings (SSSR count). The lowest BCUT2D eigenvalue weighted by atomic mass is 10.0. The minimum absolute atomic E-state index is 0.0430. The lowest BCUT2D eigenvalue weighted by Crippen LogP contribution is -2.41. The quantitative estimate of drug-likeness (QED) is 0.574. The Morgan fingerprint density at radius 2 is 1.83 bits per heavy atom. The van der Waals surface area contributed by atoms with Crippen LogP contribution in [0.3, 0.4) is 0 Å². The maximum atomic E-state index is 13.8. The molecule has 1 N–H and O–H groups in total. The van der Waals surface area contributed by atoms with E-state index in [0.29, 0.717) is 61.2 Å². The summed E-state index contributed by atoms with van der Waals surface area (Å²) in [6.07, 6.45) is 5.36. The first kappa shape index (κ1) is 23.2. The van der Waals surface area contributed by atoms with Crippen molar-refractivity contribution in [3.63, 3.8) is 0 Å². The molecule has 0 radical (unpaired) electrons. The lowest BCUT2D eigenvalue weighted by Gasteiger charge is -2.27. The molecule has 2 aliphatic heterocycles. The highest BCUT2D eigenvalue weighted by Gasteiger charge is 2.32. The number of anilines is 1. The van der Waals surface area contributed by atoms with Gasteiger partial charge in [-0.25, -0.2) is 0 Å². The summed E-state index contributed by atoms with van der Waals surface area (Å²) in [5.74, 6) is 1.33. The van der Waals surface area contributed by atoms with Gasteiger partial charge in [-0.3, -0.25) is 14.6 Å². The Morgan fingerprint density at radius 1 is 1.00 bits per heavy atom. The van der Waals surface area contributed by atoms with Crippen molar-refractivity contribution in [2.24, 2.45) is 0 Å². The van der Waals surface area contributed by atoms with Gasteiger partial charge in [0.25, 0.3) is 0 Å². The molecule has 0 saturated carbocycles. The number of nitrogens with one attached hydrogen (secondary N) is 1. The van der Waals surface area contributed by atoms with Crippen LogP contribution in [0.25, 0.3) is 0 Å². The highest BCUT2D eigenvalue weighted by molar-refractivity contribution is 6.31. The summed E-state index contributed by atoms with van der Waals surface area (Å²) < 4.78 is 6.11. The predicted molar refractivity (Wildman–Crippen MR) is 135 cm³/mol. The van der Waals surface area contributed by atoms with Crippen LogP contribution in [0.15, 0.2) is 67.0 Å². The van der Waals surface area contributed by atoms with Gasteiger partial charge >= 0.3 is 0 Å². The number of aromatic nitrogens is 1. The van der Waals surface area contributed by atoms with Gasteiger partial charge in [0, 0.05) is 55.6 Å². The zero-order valence-corrected chi connectivity index (χ0v) is 20.1. The van der Waals surface area contributed by atoms with E-state index in [1.165, 1.54) is 0 Å². The topological polar surface area (TPSA) is 74.8 Å². The Bertz CT molecular complexity index is 1220. The van der Waals surface area contributed by atoms with Gasteiger partial charge in [0.05, 0.1) is 5.69 Å². The fourth-order valence-corrected chi connectivity index (χ4v) is 4.76. The van der Waals surface area contributed by atoms with Crippen molar-refractivity contribution in [1.29, 1.82) is 0 Å². The van der Waals surface area contributed by atoms with E-state index in [2.05, 4.69) is 10.3 Å². The van der Waals surface area contributed by atoms with Crippen molar-refractivity contribution in [3.8, 4) is 11.5 Å². The van der Waals surface area contributed by atoms with E-state index in [1.54, 1.807) is 30.6 Å². The van der Waals surface area contributed by atoms with E-state index in [1.807, 2.05) is 46.2 Å². The molecule has 0 aliphatic carbocycles. The molecule has 1 aromatic heterocycles. The summed E-state index contributed by atoms with van der Waals surface area (Å²) in [4.78, 5) is 34.4. The van der Waals surface area contributed by atoms with Crippen LogP contribution < -0.4 is 10.1 Å². The maximum absolute atomic E-state index is 13.8. The van der Waals surface area contributed by atoms with Gasteiger partial charge in [-0.1, -0.05) is 35.9 Å². The molecule has 1 atom stereocenters. The Balaban J connectivity index is 1.29. The van der Waals surface area contributed by atoms with Crippen molar-refractivity contribution >= 4 is 29.1 Å². The average Bonchev–Trinajstić information content (AvgIpc) is 3.23. The second kappa shape index (κ2) is 10.4. The van der Waals surface area contributed by atoms with Crippen LogP contribution in [0.1, 0.15) is 30.0 Å².